The highest BCUT2D eigenvalue weighted by atomic mass is 15.2. The summed E-state index contributed by atoms with van der Waals surface area (Å²) in [4.78, 5) is 5.16. The number of hydrogen-bond donors (Lipinski definition) is 1. The minimum absolute atomic E-state index is 0.701. The summed E-state index contributed by atoms with van der Waals surface area (Å²) in [5.41, 5.74) is 0. The maximum atomic E-state index is 3.60. The predicted molar refractivity (Wildman–Crippen MR) is 87.2 cm³/mol. The van der Waals surface area contributed by atoms with Crippen LogP contribution in [0.25, 0.3) is 0 Å². The summed E-state index contributed by atoms with van der Waals surface area (Å²) in [6, 6.07) is 1.45. The van der Waals surface area contributed by atoms with Gasteiger partial charge in [-0.1, -0.05) is 25.7 Å². The van der Waals surface area contributed by atoms with Crippen molar-refractivity contribution in [3.8, 4) is 0 Å². The third kappa shape index (κ3) is 4.71. The predicted octanol–water partition coefficient (Wildman–Crippen LogP) is 2.57. The second-order valence-corrected chi connectivity index (χ2v) is 7.14. The zero-order valence-electron chi connectivity index (χ0n) is 13.9. The Kier molecular flexibility index (Phi) is 6.79. The Morgan fingerprint density at radius 2 is 1.65 bits per heavy atom. The summed E-state index contributed by atoms with van der Waals surface area (Å²) in [6.07, 6.45) is 11.2. The van der Waals surface area contributed by atoms with Crippen LogP contribution in [0.4, 0.5) is 0 Å². The summed E-state index contributed by atoms with van der Waals surface area (Å²) >= 11 is 0. The van der Waals surface area contributed by atoms with Crippen molar-refractivity contribution in [2.24, 2.45) is 5.92 Å². The summed E-state index contributed by atoms with van der Waals surface area (Å²) in [6.45, 7) is 3.88. The molecule has 0 aromatic rings. The first kappa shape index (κ1) is 16.3. The topological polar surface area (TPSA) is 18.5 Å². The number of likely N-dealkylation sites (tertiary alicyclic amines) is 1. The number of hydrogen-bond acceptors (Lipinski definition) is 3. The fourth-order valence-corrected chi connectivity index (χ4v) is 4.12. The molecule has 3 heteroatoms. The molecule has 2 unspecified atom stereocenters. The van der Waals surface area contributed by atoms with Gasteiger partial charge in [-0.3, -0.25) is 0 Å². The Labute approximate surface area is 126 Å². The van der Waals surface area contributed by atoms with Gasteiger partial charge in [0.25, 0.3) is 0 Å². The van der Waals surface area contributed by atoms with E-state index in [4.69, 9.17) is 0 Å². The van der Waals surface area contributed by atoms with Crippen LogP contribution in [0.3, 0.4) is 0 Å². The Morgan fingerprint density at radius 3 is 2.30 bits per heavy atom. The van der Waals surface area contributed by atoms with Crippen molar-refractivity contribution < 1.29 is 0 Å². The SMILES string of the molecule is CNC1CCCCCCC1N(C)CC1CCN(C)CC1. The van der Waals surface area contributed by atoms with E-state index < -0.39 is 0 Å². The van der Waals surface area contributed by atoms with Crippen LogP contribution in [0.15, 0.2) is 0 Å². The molecule has 3 nitrogen and oxygen atoms in total. The van der Waals surface area contributed by atoms with E-state index in [-0.39, 0.29) is 0 Å². The fourth-order valence-electron chi connectivity index (χ4n) is 4.12. The molecule has 1 saturated heterocycles. The third-order valence-corrected chi connectivity index (χ3v) is 5.55. The number of nitrogens with one attached hydrogen (secondary N) is 1. The van der Waals surface area contributed by atoms with Gasteiger partial charge in [0, 0.05) is 18.6 Å². The van der Waals surface area contributed by atoms with Crippen LogP contribution < -0.4 is 5.32 Å². The lowest BCUT2D eigenvalue weighted by Gasteiger charge is -2.39. The maximum absolute atomic E-state index is 3.60. The Morgan fingerprint density at radius 1 is 1.00 bits per heavy atom. The maximum Gasteiger partial charge on any atom is 0.0246 e. The minimum Gasteiger partial charge on any atom is -0.315 e. The standard InChI is InChI=1S/C17H35N3/c1-18-16-8-6-4-5-7-9-17(16)20(3)14-15-10-12-19(2)13-11-15/h15-18H,4-14H2,1-3H3. The average Bonchev–Trinajstić information content (AvgIpc) is 2.41. The first-order valence-corrected chi connectivity index (χ1v) is 8.76. The van der Waals surface area contributed by atoms with E-state index in [0.29, 0.717) is 6.04 Å². The van der Waals surface area contributed by atoms with Crippen molar-refractivity contribution in [2.75, 3.05) is 40.8 Å². The smallest absolute Gasteiger partial charge is 0.0246 e. The third-order valence-electron chi connectivity index (χ3n) is 5.55. The highest BCUT2D eigenvalue weighted by Crippen LogP contribution is 2.24. The quantitative estimate of drug-likeness (QED) is 0.854. The molecule has 2 fully saturated rings. The zero-order chi connectivity index (χ0) is 14.4. The molecule has 0 radical (unpaired) electrons. The molecular formula is C17H35N3. The van der Waals surface area contributed by atoms with Gasteiger partial charge in [-0.15, -0.1) is 0 Å². The number of likely N-dealkylation sites (N-methyl/N-ethyl adjacent to an activating group) is 2. The lowest BCUT2D eigenvalue weighted by molar-refractivity contribution is 0.118. The van der Waals surface area contributed by atoms with Gasteiger partial charge in [0.05, 0.1) is 0 Å². The van der Waals surface area contributed by atoms with Crippen LogP contribution >= 0.6 is 0 Å². The monoisotopic (exact) mass is 281 g/mol. The van der Waals surface area contributed by atoms with Crippen LogP contribution in [0.1, 0.15) is 51.4 Å². The highest BCUT2D eigenvalue weighted by Gasteiger charge is 2.27. The van der Waals surface area contributed by atoms with Gasteiger partial charge >= 0.3 is 0 Å². The molecule has 118 valence electrons. The van der Waals surface area contributed by atoms with Crippen molar-refractivity contribution in [1.82, 2.24) is 15.1 Å². The first-order valence-electron chi connectivity index (χ1n) is 8.76. The van der Waals surface area contributed by atoms with Gasteiger partial charge in [0.2, 0.25) is 0 Å². The van der Waals surface area contributed by atoms with Crippen molar-refractivity contribution >= 4 is 0 Å². The van der Waals surface area contributed by atoms with Crippen molar-refractivity contribution in [3.63, 3.8) is 0 Å². The molecule has 0 spiro atoms. The van der Waals surface area contributed by atoms with Crippen molar-refractivity contribution in [1.29, 1.82) is 0 Å². The summed E-state index contributed by atoms with van der Waals surface area (Å²) in [7, 11) is 6.78. The second kappa shape index (κ2) is 8.35. The van der Waals surface area contributed by atoms with Crippen LogP contribution in [0.5, 0.6) is 0 Å². The fraction of sp³-hybridized carbons (Fsp3) is 1.00. The Hall–Kier alpha value is -0.120. The molecule has 1 heterocycles. The Bertz CT molecular complexity index is 261. The van der Waals surface area contributed by atoms with Gasteiger partial charge in [-0.25, -0.2) is 0 Å². The van der Waals surface area contributed by atoms with E-state index in [0.717, 1.165) is 12.0 Å². The largest absolute Gasteiger partial charge is 0.315 e. The number of rotatable bonds is 4. The first-order chi connectivity index (χ1) is 9.70. The van der Waals surface area contributed by atoms with Crippen LogP contribution in [0.2, 0.25) is 0 Å². The van der Waals surface area contributed by atoms with Crippen LogP contribution in [-0.2, 0) is 0 Å². The molecule has 0 aromatic heterocycles. The van der Waals surface area contributed by atoms with Gasteiger partial charge in [-0.05, 0) is 65.8 Å². The second-order valence-electron chi connectivity index (χ2n) is 7.14. The van der Waals surface area contributed by atoms with E-state index in [1.807, 2.05) is 0 Å². The molecule has 1 aliphatic heterocycles. The van der Waals surface area contributed by atoms with E-state index in [9.17, 15) is 0 Å². The lowest BCUT2D eigenvalue weighted by Crippen LogP contribution is -2.50. The number of piperidine rings is 1. The molecule has 1 saturated carbocycles. The summed E-state index contributed by atoms with van der Waals surface area (Å²) in [5, 5.41) is 3.60. The van der Waals surface area contributed by atoms with Crippen molar-refractivity contribution in [3.05, 3.63) is 0 Å². The summed E-state index contributed by atoms with van der Waals surface area (Å²) in [5.74, 6) is 0.916. The van der Waals surface area contributed by atoms with E-state index >= 15 is 0 Å². The van der Waals surface area contributed by atoms with E-state index in [2.05, 4.69) is 36.3 Å². The lowest BCUT2D eigenvalue weighted by atomic mass is 9.90. The van der Waals surface area contributed by atoms with E-state index in [1.54, 1.807) is 0 Å². The molecule has 0 aromatic carbocycles. The van der Waals surface area contributed by atoms with Crippen LogP contribution in [-0.4, -0.2) is 62.7 Å². The van der Waals surface area contributed by atoms with Gasteiger partial charge in [-0.2, -0.15) is 0 Å². The molecular weight excluding hydrogens is 246 g/mol. The van der Waals surface area contributed by atoms with Crippen LogP contribution in [0, 0.1) is 5.92 Å². The normalized spacial score (nSPS) is 31.2. The minimum atomic E-state index is 0.701. The Balaban J connectivity index is 1.85. The zero-order valence-corrected chi connectivity index (χ0v) is 13.9. The average molecular weight is 281 g/mol. The van der Waals surface area contributed by atoms with Crippen molar-refractivity contribution in [2.45, 2.75) is 63.5 Å². The summed E-state index contributed by atoms with van der Waals surface area (Å²) < 4.78 is 0. The molecule has 0 amide bonds. The molecule has 0 bridgehead atoms. The molecule has 20 heavy (non-hydrogen) atoms. The van der Waals surface area contributed by atoms with E-state index in [1.165, 1.54) is 71.0 Å². The molecule has 1 N–H and O–H groups in total. The molecule has 2 aliphatic rings. The molecule has 2 rings (SSSR count). The van der Waals surface area contributed by atoms with Gasteiger partial charge < -0.3 is 15.1 Å². The highest BCUT2D eigenvalue weighted by molar-refractivity contribution is 4.85. The van der Waals surface area contributed by atoms with Gasteiger partial charge in [0.1, 0.15) is 0 Å². The molecule has 2 atom stereocenters. The molecule has 1 aliphatic carbocycles. The van der Waals surface area contributed by atoms with Gasteiger partial charge in [0.15, 0.2) is 0 Å². The number of nitrogens with zero attached hydrogens (tertiary/aromatic N) is 2.